The number of sulfonamides is 1. The number of hydrogen-bond donors (Lipinski definition) is 1. The Morgan fingerprint density at radius 1 is 1.23 bits per heavy atom. The van der Waals surface area contributed by atoms with Crippen LogP contribution in [0.1, 0.15) is 13.8 Å². The van der Waals surface area contributed by atoms with Gasteiger partial charge in [-0.05, 0) is 30.2 Å². The minimum atomic E-state index is -3.57. The van der Waals surface area contributed by atoms with Gasteiger partial charge in [0.2, 0.25) is 10.0 Å². The average molecular weight is 344 g/mol. The van der Waals surface area contributed by atoms with Gasteiger partial charge in [0, 0.05) is 12.5 Å². The molecule has 1 N–H and O–H groups in total. The first-order valence-corrected chi connectivity index (χ1v) is 8.80. The molecule has 22 heavy (non-hydrogen) atoms. The second kappa shape index (κ2) is 6.76. The fourth-order valence-electron chi connectivity index (χ4n) is 1.98. The highest BCUT2D eigenvalue weighted by atomic mass is 35.5. The van der Waals surface area contributed by atoms with E-state index < -0.39 is 10.0 Å². The van der Waals surface area contributed by atoms with E-state index in [1.807, 2.05) is 13.8 Å². The molecule has 2 rings (SSSR count). The molecule has 0 bridgehead atoms. The monoisotopic (exact) mass is 343 g/mol. The molecule has 0 aliphatic heterocycles. The lowest BCUT2D eigenvalue weighted by molar-refractivity contribution is 0.0829. The molecule has 8 heteroatoms. The number of pyridine rings is 2. The summed E-state index contributed by atoms with van der Waals surface area (Å²) in [5.74, 6) is 0.164. The molecule has 6 nitrogen and oxygen atoms in total. The third-order valence-corrected chi connectivity index (χ3v) is 4.71. The maximum absolute atomic E-state index is 12.2. The van der Waals surface area contributed by atoms with Crippen LogP contribution in [0.3, 0.4) is 0 Å². The summed E-state index contributed by atoms with van der Waals surface area (Å²) < 4.78 is 32.0. The van der Waals surface area contributed by atoms with Gasteiger partial charge in [-0.3, -0.25) is 4.72 Å². The van der Waals surface area contributed by atoms with Crippen molar-refractivity contribution in [2.75, 3.05) is 17.6 Å². The number of fused-ring (bicyclic) bond motifs is 1. The van der Waals surface area contributed by atoms with Crippen molar-refractivity contribution in [3.05, 3.63) is 29.4 Å². The maximum Gasteiger partial charge on any atom is 0.236 e. The van der Waals surface area contributed by atoms with Gasteiger partial charge in [-0.25, -0.2) is 18.4 Å². The molecule has 1 atom stereocenters. The standard InChI is InChI=1S/C14H18ClN3O3S/c1-9(2)11(21-3)8-22(19,20)18-13-7-5-10-4-6-12(15)16-14(10)17-13/h4-7,9,11H,8H2,1-3H3,(H,16,17,18). The Balaban J connectivity index is 2.22. The van der Waals surface area contributed by atoms with Crippen molar-refractivity contribution in [3.63, 3.8) is 0 Å². The molecule has 0 aliphatic rings. The van der Waals surface area contributed by atoms with Crippen LogP contribution in [-0.4, -0.2) is 37.4 Å². The third-order valence-electron chi connectivity index (χ3n) is 3.21. The molecule has 0 saturated carbocycles. The van der Waals surface area contributed by atoms with Gasteiger partial charge in [-0.1, -0.05) is 25.4 Å². The summed E-state index contributed by atoms with van der Waals surface area (Å²) in [4.78, 5) is 8.24. The van der Waals surface area contributed by atoms with E-state index in [1.165, 1.54) is 7.11 Å². The van der Waals surface area contributed by atoms with Crippen LogP contribution in [0, 0.1) is 5.92 Å². The van der Waals surface area contributed by atoms with Crippen LogP contribution < -0.4 is 4.72 Å². The molecule has 0 aromatic carbocycles. The van der Waals surface area contributed by atoms with Crippen LogP contribution >= 0.6 is 11.6 Å². The summed E-state index contributed by atoms with van der Waals surface area (Å²) in [5, 5.41) is 1.09. The van der Waals surface area contributed by atoms with Crippen LogP contribution in [0.25, 0.3) is 11.0 Å². The Morgan fingerprint density at radius 2 is 1.91 bits per heavy atom. The molecule has 0 spiro atoms. The molecule has 0 radical (unpaired) electrons. The molecular weight excluding hydrogens is 326 g/mol. The van der Waals surface area contributed by atoms with Crippen LogP contribution in [0.5, 0.6) is 0 Å². The lowest BCUT2D eigenvalue weighted by Gasteiger charge is -2.19. The summed E-state index contributed by atoms with van der Waals surface area (Å²) in [5.41, 5.74) is 0.389. The highest BCUT2D eigenvalue weighted by Gasteiger charge is 2.22. The van der Waals surface area contributed by atoms with Crippen molar-refractivity contribution >= 4 is 38.5 Å². The van der Waals surface area contributed by atoms with E-state index in [1.54, 1.807) is 24.3 Å². The summed E-state index contributed by atoms with van der Waals surface area (Å²) >= 11 is 5.82. The molecule has 0 aliphatic carbocycles. The lowest BCUT2D eigenvalue weighted by Crippen LogP contribution is -2.31. The first-order valence-electron chi connectivity index (χ1n) is 6.77. The van der Waals surface area contributed by atoms with E-state index in [0.717, 1.165) is 5.39 Å². The lowest BCUT2D eigenvalue weighted by atomic mass is 10.1. The second-order valence-corrected chi connectivity index (χ2v) is 7.43. The predicted molar refractivity (Wildman–Crippen MR) is 87.6 cm³/mol. The second-order valence-electron chi connectivity index (χ2n) is 5.28. The summed E-state index contributed by atoms with van der Waals surface area (Å²) in [6, 6.07) is 6.75. The van der Waals surface area contributed by atoms with Gasteiger partial charge in [-0.15, -0.1) is 0 Å². The summed E-state index contributed by atoms with van der Waals surface area (Å²) in [6.07, 6.45) is -0.384. The smallest absolute Gasteiger partial charge is 0.236 e. The summed E-state index contributed by atoms with van der Waals surface area (Å²) in [7, 11) is -2.07. The Labute approximate surface area is 134 Å². The van der Waals surface area contributed by atoms with E-state index in [4.69, 9.17) is 16.3 Å². The number of methoxy groups -OCH3 is 1. The van der Waals surface area contributed by atoms with Crippen molar-refractivity contribution in [1.82, 2.24) is 9.97 Å². The number of rotatable bonds is 6. The largest absolute Gasteiger partial charge is 0.380 e. The number of nitrogens with one attached hydrogen (secondary N) is 1. The normalized spacial score (nSPS) is 13.5. The fraction of sp³-hybridized carbons (Fsp3) is 0.429. The predicted octanol–water partition coefficient (Wildman–Crippen LogP) is 2.70. The van der Waals surface area contributed by atoms with Crippen molar-refractivity contribution in [3.8, 4) is 0 Å². The Bertz CT molecular complexity index is 765. The van der Waals surface area contributed by atoms with Gasteiger partial charge >= 0.3 is 0 Å². The topological polar surface area (TPSA) is 81.2 Å². The number of hydrogen-bond acceptors (Lipinski definition) is 5. The van der Waals surface area contributed by atoms with E-state index in [2.05, 4.69) is 14.7 Å². The van der Waals surface area contributed by atoms with Gasteiger partial charge in [-0.2, -0.15) is 0 Å². The fourth-order valence-corrected chi connectivity index (χ4v) is 3.59. The van der Waals surface area contributed by atoms with E-state index in [9.17, 15) is 8.42 Å². The van der Waals surface area contributed by atoms with Crippen LogP contribution in [0.4, 0.5) is 5.82 Å². The van der Waals surface area contributed by atoms with Crippen LogP contribution in [-0.2, 0) is 14.8 Å². The Morgan fingerprint density at radius 3 is 2.55 bits per heavy atom. The van der Waals surface area contributed by atoms with Crippen molar-refractivity contribution in [1.29, 1.82) is 0 Å². The Kier molecular flexibility index (Phi) is 5.20. The first-order chi connectivity index (χ1) is 10.3. The van der Waals surface area contributed by atoms with Crippen molar-refractivity contribution in [2.24, 2.45) is 5.92 Å². The van der Waals surface area contributed by atoms with E-state index >= 15 is 0 Å². The highest BCUT2D eigenvalue weighted by molar-refractivity contribution is 7.92. The number of ether oxygens (including phenoxy) is 1. The van der Waals surface area contributed by atoms with Crippen molar-refractivity contribution < 1.29 is 13.2 Å². The maximum atomic E-state index is 12.2. The molecule has 2 aromatic rings. The van der Waals surface area contributed by atoms with Crippen molar-refractivity contribution in [2.45, 2.75) is 20.0 Å². The minimum Gasteiger partial charge on any atom is -0.380 e. The highest BCUT2D eigenvalue weighted by Crippen LogP contribution is 2.17. The quantitative estimate of drug-likeness (QED) is 0.815. The summed E-state index contributed by atoms with van der Waals surface area (Å²) in [6.45, 7) is 3.81. The molecule has 0 amide bonds. The minimum absolute atomic E-state index is 0.0895. The van der Waals surface area contributed by atoms with Gasteiger partial charge in [0.1, 0.15) is 11.0 Å². The zero-order valence-electron chi connectivity index (χ0n) is 12.6. The van der Waals surface area contributed by atoms with Crippen LogP contribution in [0.15, 0.2) is 24.3 Å². The number of anilines is 1. The van der Waals surface area contributed by atoms with E-state index in [0.29, 0.717) is 10.8 Å². The zero-order chi connectivity index (χ0) is 16.3. The molecule has 2 aromatic heterocycles. The van der Waals surface area contributed by atoms with Crippen LogP contribution in [0.2, 0.25) is 5.15 Å². The Hall–Kier alpha value is -1.44. The molecule has 1 unspecified atom stereocenters. The SMILES string of the molecule is COC(CS(=O)(=O)Nc1ccc2ccc(Cl)nc2n1)C(C)C. The number of nitrogens with zero attached hydrogens (tertiary/aromatic N) is 2. The third kappa shape index (κ3) is 4.28. The molecular formula is C14H18ClN3O3S. The van der Waals surface area contributed by atoms with E-state index in [-0.39, 0.29) is 23.6 Å². The molecule has 0 fully saturated rings. The van der Waals surface area contributed by atoms with Gasteiger partial charge in [0.05, 0.1) is 11.9 Å². The number of halogens is 1. The van der Waals surface area contributed by atoms with Gasteiger partial charge < -0.3 is 4.74 Å². The first kappa shape index (κ1) is 16.9. The average Bonchev–Trinajstić information content (AvgIpc) is 2.43. The zero-order valence-corrected chi connectivity index (χ0v) is 14.1. The van der Waals surface area contributed by atoms with Gasteiger partial charge in [0.15, 0.2) is 5.65 Å². The molecule has 2 heterocycles. The van der Waals surface area contributed by atoms with Gasteiger partial charge in [0.25, 0.3) is 0 Å². The number of aromatic nitrogens is 2. The molecule has 0 saturated heterocycles. The molecule has 120 valence electrons.